The third kappa shape index (κ3) is 4.51. The highest BCUT2D eigenvalue weighted by atomic mass is 16.5. The molecule has 2 saturated heterocycles. The molecule has 1 atom stereocenters. The second-order valence-corrected chi connectivity index (χ2v) is 7.30. The van der Waals surface area contributed by atoms with E-state index in [4.69, 9.17) is 14.0 Å². The Morgan fingerprint density at radius 1 is 1.25 bits per heavy atom. The lowest BCUT2D eigenvalue weighted by molar-refractivity contribution is -0.134. The van der Waals surface area contributed by atoms with Crippen LogP contribution in [-0.2, 0) is 22.6 Å². The molecule has 0 saturated carbocycles. The molecule has 2 fully saturated rings. The van der Waals surface area contributed by atoms with Gasteiger partial charge in [0.25, 0.3) is 0 Å². The molecule has 8 nitrogen and oxygen atoms in total. The standard InChI is InChI=1S/C20H26N4O4/c1-26-17-4-2-3-15(11-17)12-24-13-16(5-6-19(24)25)20-21-18(22-28-20)14-23-7-9-27-10-8-23/h2-4,11,16H,5-10,12-14H2,1H3. The molecule has 8 heteroatoms. The van der Waals surface area contributed by atoms with Crippen LogP contribution in [0.4, 0.5) is 0 Å². The van der Waals surface area contributed by atoms with Gasteiger partial charge in [0.1, 0.15) is 5.75 Å². The molecule has 0 radical (unpaired) electrons. The molecule has 0 spiro atoms. The lowest BCUT2D eigenvalue weighted by atomic mass is 9.97. The van der Waals surface area contributed by atoms with Gasteiger partial charge in [-0.3, -0.25) is 9.69 Å². The van der Waals surface area contributed by atoms with Crippen molar-refractivity contribution in [1.82, 2.24) is 19.9 Å². The molecule has 0 bridgehead atoms. The van der Waals surface area contributed by atoms with Gasteiger partial charge in [-0.05, 0) is 24.1 Å². The summed E-state index contributed by atoms with van der Waals surface area (Å²) >= 11 is 0. The Hall–Kier alpha value is -2.45. The lowest BCUT2D eigenvalue weighted by Crippen LogP contribution is -2.38. The first kappa shape index (κ1) is 18.9. The highest BCUT2D eigenvalue weighted by Gasteiger charge is 2.30. The van der Waals surface area contributed by atoms with E-state index in [2.05, 4.69) is 15.0 Å². The van der Waals surface area contributed by atoms with Crippen LogP contribution in [0.3, 0.4) is 0 Å². The topological polar surface area (TPSA) is 80.9 Å². The summed E-state index contributed by atoms with van der Waals surface area (Å²) in [4.78, 5) is 21.1. The molecule has 0 aliphatic carbocycles. The van der Waals surface area contributed by atoms with Crippen LogP contribution in [0, 0.1) is 0 Å². The van der Waals surface area contributed by atoms with Crippen molar-refractivity contribution in [1.29, 1.82) is 0 Å². The number of benzene rings is 1. The number of aromatic nitrogens is 2. The second kappa shape index (κ2) is 8.70. The fourth-order valence-corrected chi connectivity index (χ4v) is 3.72. The molecule has 28 heavy (non-hydrogen) atoms. The molecule has 0 N–H and O–H groups in total. The Labute approximate surface area is 164 Å². The van der Waals surface area contributed by atoms with E-state index < -0.39 is 0 Å². The van der Waals surface area contributed by atoms with Crippen molar-refractivity contribution in [2.75, 3.05) is 40.0 Å². The minimum atomic E-state index is 0.0780. The van der Waals surface area contributed by atoms with E-state index >= 15 is 0 Å². The van der Waals surface area contributed by atoms with Gasteiger partial charge in [-0.15, -0.1) is 0 Å². The zero-order valence-electron chi connectivity index (χ0n) is 16.2. The summed E-state index contributed by atoms with van der Waals surface area (Å²) in [7, 11) is 1.64. The van der Waals surface area contributed by atoms with Gasteiger partial charge in [-0.2, -0.15) is 4.98 Å². The fraction of sp³-hybridized carbons (Fsp3) is 0.550. The number of rotatable bonds is 6. The first-order valence-electron chi connectivity index (χ1n) is 9.74. The number of carbonyl (C=O) groups excluding carboxylic acids is 1. The molecular weight excluding hydrogens is 360 g/mol. The zero-order valence-corrected chi connectivity index (χ0v) is 16.2. The Balaban J connectivity index is 1.39. The molecule has 2 aliphatic rings. The number of hydrogen-bond acceptors (Lipinski definition) is 7. The van der Waals surface area contributed by atoms with E-state index in [0.29, 0.717) is 37.8 Å². The van der Waals surface area contributed by atoms with Crippen LogP contribution in [0.5, 0.6) is 5.75 Å². The average Bonchev–Trinajstić information content (AvgIpc) is 3.19. The van der Waals surface area contributed by atoms with E-state index in [1.165, 1.54) is 0 Å². The minimum absolute atomic E-state index is 0.0780. The van der Waals surface area contributed by atoms with Gasteiger partial charge < -0.3 is 18.9 Å². The second-order valence-electron chi connectivity index (χ2n) is 7.30. The van der Waals surface area contributed by atoms with Gasteiger partial charge in [-0.25, -0.2) is 0 Å². The summed E-state index contributed by atoms with van der Waals surface area (Å²) in [5.74, 6) is 2.36. The highest BCUT2D eigenvalue weighted by Crippen LogP contribution is 2.28. The Kier molecular flexibility index (Phi) is 5.87. The van der Waals surface area contributed by atoms with E-state index in [0.717, 1.165) is 44.0 Å². The number of methoxy groups -OCH3 is 1. The van der Waals surface area contributed by atoms with Gasteiger partial charge >= 0.3 is 0 Å². The summed E-state index contributed by atoms with van der Waals surface area (Å²) in [6.45, 7) is 5.08. The minimum Gasteiger partial charge on any atom is -0.497 e. The normalized spacial score (nSPS) is 21.1. The maximum atomic E-state index is 12.4. The van der Waals surface area contributed by atoms with Crippen LogP contribution in [0.15, 0.2) is 28.8 Å². The summed E-state index contributed by atoms with van der Waals surface area (Å²) < 4.78 is 16.2. The van der Waals surface area contributed by atoms with Crippen LogP contribution in [0.25, 0.3) is 0 Å². The average molecular weight is 386 g/mol. The first-order valence-corrected chi connectivity index (χ1v) is 9.74. The molecule has 2 aliphatic heterocycles. The van der Waals surface area contributed by atoms with Gasteiger partial charge in [0.05, 0.1) is 32.8 Å². The summed E-state index contributed by atoms with van der Waals surface area (Å²) in [6, 6.07) is 7.81. The van der Waals surface area contributed by atoms with Gasteiger partial charge in [0.15, 0.2) is 5.82 Å². The summed E-state index contributed by atoms with van der Waals surface area (Å²) in [6.07, 6.45) is 1.24. The van der Waals surface area contributed by atoms with Gasteiger partial charge in [0.2, 0.25) is 11.8 Å². The maximum absolute atomic E-state index is 12.4. The van der Waals surface area contributed by atoms with E-state index in [-0.39, 0.29) is 11.8 Å². The number of piperidine rings is 1. The molecule has 4 rings (SSSR count). The molecule has 2 aromatic rings. The predicted octanol–water partition coefficient (Wildman–Crippen LogP) is 1.82. The number of hydrogen-bond donors (Lipinski definition) is 0. The van der Waals surface area contributed by atoms with Crippen LogP contribution in [0.1, 0.15) is 36.0 Å². The molecule has 1 aromatic carbocycles. The van der Waals surface area contributed by atoms with Crippen molar-refractivity contribution in [2.45, 2.75) is 31.8 Å². The number of amides is 1. The maximum Gasteiger partial charge on any atom is 0.231 e. The van der Waals surface area contributed by atoms with Crippen molar-refractivity contribution >= 4 is 5.91 Å². The Morgan fingerprint density at radius 2 is 2.11 bits per heavy atom. The molecular formula is C20H26N4O4. The largest absolute Gasteiger partial charge is 0.497 e. The van der Waals surface area contributed by atoms with Crippen molar-refractivity contribution < 1.29 is 18.8 Å². The quantitative estimate of drug-likeness (QED) is 0.749. The smallest absolute Gasteiger partial charge is 0.231 e. The third-order valence-electron chi connectivity index (χ3n) is 5.31. The van der Waals surface area contributed by atoms with Gasteiger partial charge in [-0.1, -0.05) is 17.3 Å². The van der Waals surface area contributed by atoms with Crippen molar-refractivity contribution in [3.63, 3.8) is 0 Å². The number of nitrogens with zero attached hydrogens (tertiary/aromatic N) is 4. The summed E-state index contributed by atoms with van der Waals surface area (Å²) in [5.41, 5.74) is 1.05. The zero-order chi connectivity index (χ0) is 19.3. The Morgan fingerprint density at radius 3 is 2.93 bits per heavy atom. The lowest BCUT2D eigenvalue weighted by Gasteiger charge is -2.31. The van der Waals surface area contributed by atoms with Crippen LogP contribution < -0.4 is 4.74 Å². The van der Waals surface area contributed by atoms with Crippen molar-refractivity contribution in [3.8, 4) is 5.75 Å². The Bertz CT molecular complexity index is 803. The number of morpholine rings is 1. The SMILES string of the molecule is COc1cccc(CN2CC(c3nc(CN4CCOCC4)no3)CCC2=O)c1. The predicted molar refractivity (Wildman–Crippen MR) is 101 cm³/mol. The molecule has 150 valence electrons. The van der Waals surface area contributed by atoms with E-state index in [1.807, 2.05) is 29.2 Å². The van der Waals surface area contributed by atoms with E-state index in [1.54, 1.807) is 7.11 Å². The first-order chi connectivity index (χ1) is 13.7. The van der Waals surface area contributed by atoms with Crippen LogP contribution >= 0.6 is 0 Å². The molecule has 1 amide bonds. The fourth-order valence-electron chi connectivity index (χ4n) is 3.72. The monoisotopic (exact) mass is 386 g/mol. The van der Waals surface area contributed by atoms with Crippen LogP contribution in [-0.4, -0.2) is 65.8 Å². The molecule has 1 aromatic heterocycles. The molecule has 3 heterocycles. The highest BCUT2D eigenvalue weighted by molar-refractivity contribution is 5.77. The van der Waals surface area contributed by atoms with Gasteiger partial charge in [0, 0.05) is 32.6 Å². The number of carbonyl (C=O) groups is 1. The van der Waals surface area contributed by atoms with Crippen LogP contribution in [0.2, 0.25) is 0 Å². The van der Waals surface area contributed by atoms with Crippen molar-refractivity contribution in [2.24, 2.45) is 0 Å². The number of ether oxygens (including phenoxy) is 2. The van der Waals surface area contributed by atoms with E-state index in [9.17, 15) is 4.79 Å². The molecule has 1 unspecified atom stereocenters. The number of likely N-dealkylation sites (tertiary alicyclic amines) is 1. The van der Waals surface area contributed by atoms with Crippen molar-refractivity contribution in [3.05, 3.63) is 41.5 Å². The summed E-state index contributed by atoms with van der Waals surface area (Å²) in [5, 5.41) is 4.15. The third-order valence-corrected chi connectivity index (χ3v) is 5.31.